The van der Waals surface area contributed by atoms with Crippen LogP contribution in [0.1, 0.15) is 18.1 Å². The molecule has 0 fully saturated rings. The number of sulfonamides is 1. The Kier molecular flexibility index (Phi) is 5.44. The van der Waals surface area contributed by atoms with Crippen LogP contribution in [0.4, 0.5) is 5.69 Å². The standard InChI is InChI=1S/C21H22N4O3S2/c1-14-4-3-5-17(10-14)24-9-8-23-21(24)29-13-20(26)25-15(2)11-16-12-18(30(22,27)28)6-7-19(16)25/h3-10,12,15H,11,13H2,1-2H3,(H2,22,27,28)/t15-/m1/s1. The van der Waals surface area contributed by atoms with Crippen LogP contribution in [-0.2, 0) is 21.2 Å². The topological polar surface area (TPSA) is 98.3 Å². The molecule has 0 saturated carbocycles. The van der Waals surface area contributed by atoms with Crippen molar-refractivity contribution in [3.8, 4) is 5.69 Å². The van der Waals surface area contributed by atoms with E-state index in [1.165, 1.54) is 17.8 Å². The monoisotopic (exact) mass is 442 g/mol. The molecule has 0 unspecified atom stereocenters. The number of primary sulfonamides is 1. The number of hydrogen-bond acceptors (Lipinski definition) is 5. The number of carbonyl (C=O) groups is 1. The summed E-state index contributed by atoms with van der Waals surface area (Å²) in [4.78, 5) is 19.2. The van der Waals surface area contributed by atoms with Crippen LogP contribution in [0.15, 0.2) is 64.9 Å². The summed E-state index contributed by atoms with van der Waals surface area (Å²) < 4.78 is 25.2. The molecule has 3 aromatic rings. The van der Waals surface area contributed by atoms with E-state index in [0.717, 1.165) is 27.7 Å². The molecule has 1 atom stereocenters. The van der Waals surface area contributed by atoms with Crippen molar-refractivity contribution in [2.75, 3.05) is 10.7 Å². The molecule has 156 valence electrons. The number of amides is 1. The Hall–Kier alpha value is -2.62. The maximum absolute atomic E-state index is 13.0. The number of fused-ring (bicyclic) bond motifs is 1. The zero-order valence-electron chi connectivity index (χ0n) is 16.6. The number of nitrogens with zero attached hydrogens (tertiary/aromatic N) is 3. The molecular weight excluding hydrogens is 420 g/mol. The van der Waals surface area contributed by atoms with Crippen LogP contribution in [0, 0.1) is 6.92 Å². The van der Waals surface area contributed by atoms with Gasteiger partial charge in [-0.3, -0.25) is 9.36 Å². The van der Waals surface area contributed by atoms with Gasteiger partial charge in [0.25, 0.3) is 0 Å². The van der Waals surface area contributed by atoms with Gasteiger partial charge in [0.2, 0.25) is 15.9 Å². The first-order valence-corrected chi connectivity index (χ1v) is 12.0. The van der Waals surface area contributed by atoms with Gasteiger partial charge in [0, 0.05) is 29.8 Å². The summed E-state index contributed by atoms with van der Waals surface area (Å²) in [6, 6.07) is 12.7. The molecular formula is C21H22N4O3S2. The predicted octanol–water partition coefficient (Wildman–Crippen LogP) is 2.90. The normalized spacial score (nSPS) is 16.0. The van der Waals surface area contributed by atoms with E-state index < -0.39 is 10.0 Å². The van der Waals surface area contributed by atoms with Crippen LogP contribution in [0.2, 0.25) is 0 Å². The van der Waals surface area contributed by atoms with Gasteiger partial charge in [0.05, 0.1) is 10.6 Å². The van der Waals surface area contributed by atoms with Crippen molar-refractivity contribution in [2.45, 2.75) is 36.4 Å². The molecule has 0 aliphatic carbocycles. The number of carbonyl (C=O) groups excluding carboxylic acids is 1. The van der Waals surface area contributed by atoms with Crippen LogP contribution >= 0.6 is 11.8 Å². The molecule has 2 heterocycles. The lowest BCUT2D eigenvalue weighted by atomic mass is 10.1. The van der Waals surface area contributed by atoms with Crippen molar-refractivity contribution in [3.63, 3.8) is 0 Å². The van der Waals surface area contributed by atoms with Gasteiger partial charge in [0.15, 0.2) is 5.16 Å². The fraction of sp³-hybridized carbons (Fsp3) is 0.238. The van der Waals surface area contributed by atoms with Gasteiger partial charge in [-0.15, -0.1) is 0 Å². The van der Waals surface area contributed by atoms with E-state index in [2.05, 4.69) is 11.1 Å². The van der Waals surface area contributed by atoms with Crippen LogP contribution in [0.5, 0.6) is 0 Å². The number of nitrogens with two attached hydrogens (primary N) is 1. The van der Waals surface area contributed by atoms with E-state index in [1.807, 2.05) is 42.8 Å². The van der Waals surface area contributed by atoms with E-state index in [0.29, 0.717) is 6.42 Å². The molecule has 4 rings (SSSR count). The van der Waals surface area contributed by atoms with Crippen molar-refractivity contribution >= 4 is 33.4 Å². The molecule has 1 amide bonds. The van der Waals surface area contributed by atoms with Crippen LogP contribution in [0.3, 0.4) is 0 Å². The van der Waals surface area contributed by atoms with Gasteiger partial charge in [-0.1, -0.05) is 23.9 Å². The van der Waals surface area contributed by atoms with Gasteiger partial charge in [0.1, 0.15) is 0 Å². The highest BCUT2D eigenvalue weighted by Gasteiger charge is 2.31. The van der Waals surface area contributed by atoms with Crippen molar-refractivity contribution in [2.24, 2.45) is 5.14 Å². The lowest BCUT2D eigenvalue weighted by Crippen LogP contribution is -2.37. The number of rotatable bonds is 5. The molecule has 1 aromatic heterocycles. The molecule has 9 heteroatoms. The Morgan fingerprint density at radius 2 is 2.07 bits per heavy atom. The van der Waals surface area contributed by atoms with Crippen molar-refractivity contribution in [3.05, 3.63) is 66.0 Å². The number of imidazole rings is 1. The molecule has 2 aromatic carbocycles. The van der Waals surface area contributed by atoms with Crippen molar-refractivity contribution < 1.29 is 13.2 Å². The molecule has 0 spiro atoms. The summed E-state index contributed by atoms with van der Waals surface area (Å²) in [5.41, 5.74) is 3.70. The molecule has 0 saturated heterocycles. The quantitative estimate of drug-likeness (QED) is 0.613. The third-order valence-corrected chi connectivity index (χ3v) is 6.94. The van der Waals surface area contributed by atoms with Crippen LogP contribution in [-0.4, -0.2) is 35.7 Å². The summed E-state index contributed by atoms with van der Waals surface area (Å²) in [6.45, 7) is 3.98. The number of hydrogen-bond donors (Lipinski definition) is 1. The Morgan fingerprint density at radius 1 is 1.27 bits per heavy atom. The lowest BCUT2D eigenvalue weighted by Gasteiger charge is -2.22. The Balaban J connectivity index is 1.52. The van der Waals surface area contributed by atoms with Gasteiger partial charge < -0.3 is 4.90 Å². The SMILES string of the molecule is Cc1cccc(-n2ccnc2SCC(=O)N2c3ccc(S(N)(=O)=O)cc3C[C@H]2C)c1. The third-order valence-electron chi connectivity index (χ3n) is 5.08. The van der Waals surface area contributed by atoms with Gasteiger partial charge in [-0.2, -0.15) is 0 Å². The first-order chi connectivity index (χ1) is 14.2. The van der Waals surface area contributed by atoms with Gasteiger partial charge in [-0.05, 0) is 61.7 Å². The molecule has 0 radical (unpaired) electrons. The first kappa shape index (κ1) is 20.6. The molecule has 0 bridgehead atoms. The second-order valence-corrected chi connectivity index (χ2v) is 9.86. The van der Waals surface area contributed by atoms with E-state index in [1.54, 1.807) is 23.2 Å². The smallest absolute Gasteiger partial charge is 0.238 e. The third kappa shape index (κ3) is 4.00. The summed E-state index contributed by atoms with van der Waals surface area (Å²) in [5.74, 6) is 0.178. The number of anilines is 1. The second-order valence-electron chi connectivity index (χ2n) is 7.36. The van der Waals surface area contributed by atoms with Crippen molar-refractivity contribution in [1.82, 2.24) is 9.55 Å². The first-order valence-electron chi connectivity index (χ1n) is 9.45. The number of benzene rings is 2. The fourth-order valence-electron chi connectivity index (χ4n) is 3.73. The van der Waals surface area contributed by atoms with Crippen LogP contribution < -0.4 is 10.0 Å². The molecule has 1 aliphatic rings. The Morgan fingerprint density at radius 3 is 2.80 bits per heavy atom. The largest absolute Gasteiger partial charge is 0.308 e. The molecule has 1 aliphatic heterocycles. The predicted molar refractivity (Wildman–Crippen MR) is 117 cm³/mol. The van der Waals surface area contributed by atoms with Gasteiger partial charge in [-0.25, -0.2) is 18.5 Å². The lowest BCUT2D eigenvalue weighted by molar-refractivity contribution is -0.116. The minimum absolute atomic E-state index is 0.0478. The molecule has 30 heavy (non-hydrogen) atoms. The van der Waals surface area contributed by atoms with Crippen LogP contribution in [0.25, 0.3) is 5.69 Å². The Labute approximate surface area is 180 Å². The zero-order chi connectivity index (χ0) is 21.5. The number of thioether (sulfide) groups is 1. The van der Waals surface area contributed by atoms with E-state index in [4.69, 9.17) is 5.14 Å². The van der Waals surface area contributed by atoms with E-state index >= 15 is 0 Å². The zero-order valence-corrected chi connectivity index (χ0v) is 18.3. The summed E-state index contributed by atoms with van der Waals surface area (Å²) in [6.07, 6.45) is 4.19. The average molecular weight is 443 g/mol. The number of aryl methyl sites for hydroxylation is 1. The maximum Gasteiger partial charge on any atom is 0.238 e. The Bertz CT molecular complexity index is 1220. The van der Waals surface area contributed by atoms with Gasteiger partial charge >= 0.3 is 0 Å². The molecule has 7 nitrogen and oxygen atoms in total. The highest BCUT2D eigenvalue weighted by molar-refractivity contribution is 7.99. The highest BCUT2D eigenvalue weighted by Crippen LogP contribution is 2.34. The summed E-state index contributed by atoms with van der Waals surface area (Å²) >= 11 is 1.38. The molecule has 2 N–H and O–H groups in total. The fourth-order valence-corrected chi connectivity index (χ4v) is 5.13. The van der Waals surface area contributed by atoms with Crippen molar-refractivity contribution in [1.29, 1.82) is 0 Å². The summed E-state index contributed by atoms with van der Waals surface area (Å²) in [7, 11) is -3.77. The van der Waals surface area contributed by atoms with E-state index in [9.17, 15) is 13.2 Å². The van der Waals surface area contributed by atoms with E-state index in [-0.39, 0.29) is 22.6 Å². The minimum Gasteiger partial charge on any atom is -0.308 e. The highest BCUT2D eigenvalue weighted by atomic mass is 32.2. The number of aromatic nitrogens is 2. The maximum atomic E-state index is 13.0. The second kappa shape index (κ2) is 7.90. The minimum atomic E-state index is -3.77. The average Bonchev–Trinajstić information content (AvgIpc) is 3.28. The summed E-state index contributed by atoms with van der Waals surface area (Å²) in [5, 5.41) is 5.97.